The average molecular weight is 316 g/mol. The van der Waals surface area contributed by atoms with E-state index >= 15 is 0 Å². The van der Waals surface area contributed by atoms with Crippen LogP contribution in [-0.2, 0) is 17.9 Å². The highest BCUT2D eigenvalue weighted by molar-refractivity contribution is 6.32. The van der Waals surface area contributed by atoms with E-state index in [0.29, 0.717) is 5.02 Å². The van der Waals surface area contributed by atoms with Crippen LogP contribution in [-0.4, -0.2) is 21.8 Å². The maximum atomic E-state index is 11.0. The average Bonchev–Trinajstić information content (AvgIpc) is 2.69. The lowest BCUT2D eigenvalue weighted by Crippen LogP contribution is -2.03. The fraction of sp³-hybridized carbons (Fsp3) is 0.250. The Morgan fingerprint density at radius 1 is 1.40 bits per heavy atom. The molecule has 0 bridgehead atoms. The maximum Gasteiger partial charge on any atom is 0.331 e. The molecule has 0 N–H and O–H groups in total. The van der Waals surface area contributed by atoms with Crippen molar-refractivity contribution in [1.82, 2.24) is 9.78 Å². The quantitative estimate of drug-likeness (QED) is 0.627. The first kappa shape index (κ1) is 14.8. The number of hydrogen-bond donors (Lipinski definition) is 0. The molecule has 0 spiro atoms. The van der Waals surface area contributed by atoms with Gasteiger partial charge < -0.3 is 4.74 Å². The summed E-state index contributed by atoms with van der Waals surface area (Å²) in [4.78, 5) is 10.5. The van der Waals surface area contributed by atoms with Crippen LogP contribution in [0, 0.1) is 10.1 Å². The van der Waals surface area contributed by atoms with Crippen LogP contribution < -0.4 is 0 Å². The monoisotopic (exact) mass is 315 g/mol. The van der Waals surface area contributed by atoms with Gasteiger partial charge in [-0.3, -0.25) is 10.1 Å². The summed E-state index contributed by atoms with van der Waals surface area (Å²) >= 11 is 12.1. The lowest BCUT2D eigenvalue weighted by Gasteiger charge is -2.04. The highest BCUT2D eigenvalue weighted by Gasteiger charge is 2.26. The molecule has 6 nitrogen and oxygen atoms in total. The SMILES string of the molecule is COCc1nn(Cc2ccccc2Cl)c(Cl)c1[N+](=O)[O-]. The number of nitro groups is 1. The van der Waals surface area contributed by atoms with E-state index in [1.54, 1.807) is 12.1 Å². The second-order valence-corrected chi connectivity index (χ2v) is 4.79. The highest BCUT2D eigenvalue weighted by atomic mass is 35.5. The maximum absolute atomic E-state index is 11.0. The van der Waals surface area contributed by atoms with Gasteiger partial charge in [-0.1, -0.05) is 41.4 Å². The summed E-state index contributed by atoms with van der Waals surface area (Å²) < 4.78 is 6.24. The van der Waals surface area contributed by atoms with Crippen LogP contribution in [0.4, 0.5) is 5.69 Å². The molecule has 1 heterocycles. The third kappa shape index (κ3) is 2.92. The van der Waals surface area contributed by atoms with Gasteiger partial charge in [-0.15, -0.1) is 0 Å². The Kier molecular flexibility index (Phi) is 4.59. The normalized spacial score (nSPS) is 10.8. The predicted octanol–water partition coefficient (Wildman–Crippen LogP) is 3.29. The standard InChI is InChI=1S/C12H11Cl2N3O3/c1-20-7-10-11(17(18)19)12(14)16(15-10)6-8-4-2-3-5-9(8)13/h2-5H,6-7H2,1H3. The third-order valence-electron chi connectivity index (χ3n) is 2.68. The predicted molar refractivity (Wildman–Crippen MR) is 75.2 cm³/mol. The molecule has 1 aromatic carbocycles. The zero-order valence-electron chi connectivity index (χ0n) is 10.5. The first-order chi connectivity index (χ1) is 9.54. The molecule has 106 valence electrons. The number of benzene rings is 1. The Balaban J connectivity index is 2.40. The molecule has 0 saturated carbocycles. The van der Waals surface area contributed by atoms with Crippen LogP contribution in [0.3, 0.4) is 0 Å². The van der Waals surface area contributed by atoms with E-state index < -0.39 is 4.92 Å². The van der Waals surface area contributed by atoms with E-state index in [9.17, 15) is 10.1 Å². The molecule has 20 heavy (non-hydrogen) atoms. The molecule has 2 aromatic rings. The van der Waals surface area contributed by atoms with E-state index in [1.807, 2.05) is 12.1 Å². The molecule has 0 unspecified atom stereocenters. The molecule has 0 fully saturated rings. The fourth-order valence-corrected chi connectivity index (χ4v) is 2.26. The van der Waals surface area contributed by atoms with Crippen molar-refractivity contribution in [2.24, 2.45) is 0 Å². The molecule has 8 heteroatoms. The van der Waals surface area contributed by atoms with Crippen molar-refractivity contribution in [2.45, 2.75) is 13.2 Å². The molecular formula is C12H11Cl2N3O3. The van der Waals surface area contributed by atoms with Crippen LogP contribution in [0.5, 0.6) is 0 Å². The van der Waals surface area contributed by atoms with Crippen LogP contribution in [0.2, 0.25) is 10.2 Å². The summed E-state index contributed by atoms with van der Waals surface area (Å²) in [5, 5.41) is 15.7. The van der Waals surface area contributed by atoms with Crippen LogP contribution in [0.1, 0.15) is 11.3 Å². The first-order valence-electron chi connectivity index (χ1n) is 5.66. The topological polar surface area (TPSA) is 70.2 Å². The minimum absolute atomic E-state index is 0.0194. The molecule has 1 aromatic heterocycles. The van der Waals surface area contributed by atoms with Crippen molar-refractivity contribution in [3.05, 3.63) is 55.8 Å². The lowest BCUT2D eigenvalue weighted by atomic mass is 10.2. The second-order valence-electron chi connectivity index (χ2n) is 4.03. The number of methoxy groups -OCH3 is 1. The molecule has 0 aliphatic carbocycles. The van der Waals surface area contributed by atoms with Gasteiger partial charge in [0, 0.05) is 12.1 Å². The summed E-state index contributed by atoms with van der Waals surface area (Å²) in [7, 11) is 1.44. The summed E-state index contributed by atoms with van der Waals surface area (Å²) in [5.74, 6) is 0. The number of hydrogen-bond acceptors (Lipinski definition) is 4. The minimum Gasteiger partial charge on any atom is -0.378 e. The van der Waals surface area contributed by atoms with Crippen molar-refractivity contribution >= 4 is 28.9 Å². The smallest absolute Gasteiger partial charge is 0.331 e. The Labute approximate surface area is 125 Å². The van der Waals surface area contributed by atoms with Crippen molar-refractivity contribution in [3.63, 3.8) is 0 Å². The Morgan fingerprint density at radius 2 is 2.10 bits per heavy atom. The largest absolute Gasteiger partial charge is 0.378 e. The van der Waals surface area contributed by atoms with Crippen LogP contribution >= 0.6 is 23.2 Å². The fourth-order valence-electron chi connectivity index (χ4n) is 1.79. The summed E-state index contributed by atoms with van der Waals surface area (Å²) in [6, 6.07) is 7.17. The molecule has 2 rings (SSSR count). The van der Waals surface area contributed by atoms with Crippen molar-refractivity contribution < 1.29 is 9.66 Å². The third-order valence-corrected chi connectivity index (χ3v) is 3.42. The lowest BCUT2D eigenvalue weighted by molar-refractivity contribution is -0.385. The van der Waals surface area contributed by atoms with E-state index in [-0.39, 0.29) is 29.7 Å². The zero-order valence-corrected chi connectivity index (χ0v) is 12.1. The van der Waals surface area contributed by atoms with Crippen LogP contribution in [0.15, 0.2) is 24.3 Å². The molecule has 0 aliphatic rings. The van der Waals surface area contributed by atoms with E-state index in [4.69, 9.17) is 27.9 Å². The number of aromatic nitrogens is 2. The molecule has 0 saturated heterocycles. The molecule has 0 aliphatic heterocycles. The molecule has 0 amide bonds. The van der Waals surface area contributed by atoms with Gasteiger partial charge in [-0.05, 0) is 11.6 Å². The Hall–Kier alpha value is -1.63. The highest BCUT2D eigenvalue weighted by Crippen LogP contribution is 2.30. The number of rotatable bonds is 5. The molecule has 0 atom stereocenters. The van der Waals surface area contributed by atoms with Gasteiger partial charge in [-0.25, -0.2) is 4.68 Å². The van der Waals surface area contributed by atoms with Crippen LogP contribution in [0.25, 0.3) is 0 Å². The summed E-state index contributed by atoms with van der Waals surface area (Å²) in [6.45, 7) is 0.272. The number of halogens is 2. The molecular weight excluding hydrogens is 305 g/mol. The van der Waals surface area contributed by atoms with Gasteiger partial charge in [0.1, 0.15) is 0 Å². The van der Waals surface area contributed by atoms with E-state index in [1.165, 1.54) is 11.8 Å². The number of nitrogens with zero attached hydrogens (tertiary/aromatic N) is 3. The van der Waals surface area contributed by atoms with Gasteiger partial charge in [0.05, 0.1) is 18.1 Å². The summed E-state index contributed by atoms with van der Waals surface area (Å²) in [5.41, 5.74) is 0.729. The van der Waals surface area contributed by atoms with E-state index in [0.717, 1.165) is 5.56 Å². The van der Waals surface area contributed by atoms with Gasteiger partial charge in [0.25, 0.3) is 0 Å². The van der Waals surface area contributed by atoms with Gasteiger partial charge in [-0.2, -0.15) is 5.10 Å². The van der Waals surface area contributed by atoms with Crippen molar-refractivity contribution in [2.75, 3.05) is 7.11 Å². The van der Waals surface area contributed by atoms with Crippen molar-refractivity contribution in [1.29, 1.82) is 0 Å². The van der Waals surface area contributed by atoms with Gasteiger partial charge >= 0.3 is 5.69 Å². The van der Waals surface area contributed by atoms with E-state index in [2.05, 4.69) is 5.10 Å². The minimum atomic E-state index is -0.563. The van der Waals surface area contributed by atoms with Gasteiger partial charge in [0.2, 0.25) is 5.15 Å². The summed E-state index contributed by atoms with van der Waals surface area (Å²) in [6.07, 6.45) is 0. The Bertz CT molecular complexity index is 643. The van der Waals surface area contributed by atoms with Crippen molar-refractivity contribution in [3.8, 4) is 0 Å². The molecule has 0 radical (unpaired) electrons. The first-order valence-corrected chi connectivity index (χ1v) is 6.42. The number of ether oxygens (including phenoxy) is 1. The van der Waals surface area contributed by atoms with Gasteiger partial charge in [0.15, 0.2) is 5.69 Å². The zero-order chi connectivity index (χ0) is 14.7. The Morgan fingerprint density at radius 3 is 2.70 bits per heavy atom. The second kappa shape index (κ2) is 6.21.